The third kappa shape index (κ3) is 3.43. The Morgan fingerprint density at radius 2 is 2.17 bits per heavy atom. The molecule has 18 heavy (non-hydrogen) atoms. The first-order chi connectivity index (χ1) is 8.06. The number of fused-ring (bicyclic) bond motifs is 1. The second-order valence-corrected chi connectivity index (χ2v) is 4.01. The maximum atomic E-state index is 11.3. The molecule has 93 valence electrons. The Labute approximate surface area is 129 Å². The largest absolute Gasteiger partial charge is 0.668 e. The van der Waals surface area contributed by atoms with Crippen molar-refractivity contribution in [1.82, 2.24) is 10.2 Å². The summed E-state index contributed by atoms with van der Waals surface area (Å²) in [6, 6.07) is 5.17. The van der Waals surface area contributed by atoms with Gasteiger partial charge in [-0.3, -0.25) is 15.0 Å². The number of aromatic amines is 2. The Morgan fingerprint density at radius 3 is 2.83 bits per heavy atom. The van der Waals surface area contributed by atoms with Gasteiger partial charge in [0.25, 0.3) is 5.56 Å². The minimum absolute atomic E-state index is 0. The fraction of sp³-hybridized carbons (Fsp3) is 0.273. The molecule has 1 heterocycles. The van der Waals surface area contributed by atoms with Gasteiger partial charge in [-0.25, -0.2) is 0 Å². The summed E-state index contributed by atoms with van der Waals surface area (Å²) < 4.78 is 0. The van der Waals surface area contributed by atoms with Gasteiger partial charge in [0.1, 0.15) is 0 Å². The summed E-state index contributed by atoms with van der Waals surface area (Å²) in [5.41, 5.74) is 8.24. The van der Waals surface area contributed by atoms with Crippen molar-refractivity contribution >= 4 is 22.5 Å². The Hall–Kier alpha value is -1.14. The van der Waals surface area contributed by atoms with Crippen LogP contribution in [0.1, 0.15) is 13.3 Å². The average molecular weight is 322 g/mol. The van der Waals surface area contributed by atoms with E-state index in [1.54, 1.807) is 18.2 Å². The monoisotopic (exact) mass is 322 g/mol. The molecule has 0 aliphatic carbocycles. The van der Waals surface area contributed by atoms with Gasteiger partial charge in [0.15, 0.2) is 0 Å². The maximum Gasteiger partial charge on any atom is 0.271 e. The van der Waals surface area contributed by atoms with Gasteiger partial charge < -0.3 is 15.8 Å². The van der Waals surface area contributed by atoms with Crippen molar-refractivity contribution in [2.75, 3.05) is 5.32 Å². The zero-order chi connectivity index (χ0) is 12.4. The number of rotatable bonds is 4. The normalized spacial score (nSPS) is 11.8. The van der Waals surface area contributed by atoms with Crippen molar-refractivity contribution in [3.8, 4) is 0 Å². The van der Waals surface area contributed by atoms with E-state index in [0.717, 1.165) is 5.69 Å². The van der Waals surface area contributed by atoms with Crippen LogP contribution in [0, 0.1) is 0 Å². The summed E-state index contributed by atoms with van der Waals surface area (Å²) in [6.07, 6.45) is 0.154. The molecule has 1 amide bonds. The van der Waals surface area contributed by atoms with Crippen molar-refractivity contribution in [2.45, 2.75) is 19.4 Å². The topological polar surface area (TPSA) is 102 Å². The summed E-state index contributed by atoms with van der Waals surface area (Å²) in [4.78, 5) is 21.9. The summed E-state index contributed by atoms with van der Waals surface area (Å²) in [5.74, 6) is -0.596. The smallest absolute Gasteiger partial charge is 0.271 e. The van der Waals surface area contributed by atoms with Crippen molar-refractivity contribution in [1.29, 1.82) is 0 Å². The van der Waals surface area contributed by atoms with Crippen LogP contribution in [-0.2, 0) is 37.5 Å². The van der Waals surface area contributed by atoms with Crippen LogP contribution in [0.5, 0.6) is 0 Å². The Kier molecular flexibility index (Phi) is 5.10. The van der Waals surface area contributed by atoms with E-state index in [4.69, 9.17) is 5.73 Å². The zero-order valence-electron chi connectivity index (χ0n) is 9.91. The second-order valence-electron chi connectivity index (χ2n) is 4.01. The number of carbonyl (C=O) groups excluding carboxylic acids is 1. The SMILES string of the molecule is CC(CC([NH-])=O)Nc1ccc2c(=O)[nH][nH]c2c1.[Y]. The number of carbonyl (C=O) groups is 1. The number of hydrogen-bond donors (Lipinski definition) is 3. The van der Waals surface area contributed by atoms with Crippen LogP contribution in [0.15, 0.2) is 23.0 Å². The molecule has 0 saturated carbocycles. The summed E-state index contributed by atoms with van der Waals surface area (Å²) >= 11 is 0. The molecule has 0 fully saturated rings. The molecule has 1 aromatic carbocycles. The number of amides is 1. The van der Waals surface area contributed by atoms with Crippen LogP contribution in [0.3, 0.4) is 0 Å². The second kappa shape index (κ2) is 6.15. The van der Waals surface area contributed by atoms with E-state index in [-0.39, 0.29) is 50.7 Å². The number of hydrogen-bond acceptors (Lipinski definition) is 3. The molecule has 0 aliphatic rings. The third-order valence-electron chi connectivity index (χ3n) is 2.48. The quantitative estimate of drug-likeness (QED) is 0.797. The van der Waals surface area contributed by atoms with E-state index in [1.165, 1.54) is 0 Å². The molecule has 0 spiro atoms. The fourth-order valence-corrected chi connectivity index (χ4v) is 1.74. The molecule has 6 nitrogen and oxygen atoms in total. The average Bonchev–Trinajstić information content (AvgIpc) is 2.58. The van der Waals surface area contributed by atoms with Crippen LogP contribution in [0.2, 0.25) is 0 Å². The number of anilines is 1. The van der Waals surface area contributed by atoms with E-state index in [9.17, 15) is 9.59 Å². The number of aromatic nitrogens is 2. The molecule has 2 rings (SSSR count). The molecule has 1 radical (unpaired) electrons. The molecule has 4 N–H and O–H groups in total. The predicted octanol–water partition coefficient (Wildman–Crippen LogP) is 1.62. The Bertz CT molecular complexity index is 604. The molecular weight excluding hydrogens is 309 g/mol. The molecule has 1 unspecified atom stereocenters. The number of benzene rings is 1. The van der Waals surface area contributed by atoms with Crippen LogP contribution in [-0.4, -0.2) is 22.1 Å². The molecule has 1 aromatic heterocycles. The molecule has 0 bridgehead atoms. The first-order valence-electron chi connectivity index (χ1n) is 5.27. The van der Waals surface area contributed by atoms with Gasteiger partial charge in [-0.05, 0) is 25.1 Å². The van der Waals surface area contributed by atoms with Gasteiger partial charge in [-0.1, -0.05) is 0 Å². The van der Waals surface area contributed by atoms with Gasteiger partial charge in [0.2, 0.25) is 0 Å². The van der Waals surface area contributed by atoms with Crippen LogP contribution in [0.25, 0.3) is 16.6 Å². The van der Waals surface area contributed by atoms with Crippen LogP contribution in [0.4, 0.5) is 5.69 Å². The van der Waals surface area contributed by atoms with Crippen molar-refractivity contribution < 1.29 is 37.5 Å². The molecule has 2 aromatic rings. The van der Waals surface area contributed by atoms with Crippen LogP contribution >= 0.6 is 0 Å². The number of H-pyrrole nitrogens is 2. The summed E-state index contributed by atoms with van der Waals surface area (Å²) in [6.45, 7) is 1.83. The van der Waals surface area contributed by atoms with Crippen LogP contribution < -0.4 is 10.9 Å². The van der Waals surface area contributed by atoms with Gasteiger partial charge in [0, 0.05) is 50.9 Å². The van der Waals surface area contributed by atoms with E-state index in [1.807, 2.05) is 6.92 Å². The predicted molar refractivity (Wildman–Crippen MR) is 65.9 cm³/mol. The van der Waals surface area contributed by atoms with Crippen molar-refractivity contribution in [3.63, 3.8) is 0 Å². The van der Waals surface area contributed by atoms with E-state index in [2.05, 4.69) is 15.5 Å². The minimum atomic E-state index is -0.596. The standard InChI is InChI=1S/C11H14N4O2.Y/c1-6(4-10(12)16)13-7-2-3-8-9(5-7)14-15-11(8)17;/h2-3,5-6H,4H2,1H3,(H5,12,13,14,15,16,17);/p-1. The minimum Gasteiger partial charge on any atom is -0.668 e. The Balaban J connectivity index is 0.00000162. The molecule has 7 heteroatoms. The Morgan fingerprint density at radius 1 is 1.44 bits per heavy atom. The van der Waals surface area contributed by atoms with E-state index >= 15 is 0 Å². The van der Waals surface area contributed by atoms with Gasteiger partial charge in [0.05, 0.1) is 16.8 Å². The van der Waals surface area contributed by atoms with E-state index in [0.29, 0.717) is 10.9 Å². The van der Waals surface area contributed by atoms with Gasteiger partial charge >= 0.3 is 0 Å². The summed E-state index contributed by atoms with van der Waals surface area (Å²) in [5, 5.41) is 8.95. The van der Waals surface area contributed by atoms with E-state index < -0.39 is 5.91 Å². The summed E-state index contributed by atoms with van der Waals surface area (Å²) in [7, 11) is 0. The first-order valence-corrected chi connectivity index (χ1v) is 5.27. The van der Waals surface area contributed by atoms with Crippen molar-refractivity contribution in [3.05, 3.63) is 34.3 Å². The van der Waals surface area contributed by atoms with Crippen molar-refractivity contribution in [2.24, 2.45) is 0 Å². The fourth-order valence-electron chi connectivity index (χ4n) is 1.74. The molecular formula is C11H13N4O2Y-. The first kappa shape index (κ1) is 14.9. The van der Waals surface area contributed by atoms with Gasteiger partial charge in [-0.2, -0.15) is 0 Å². The number of nitrogens with one attached hydrogen (secondary N) is 4. The molecule has 1 atom stereocenters. The molecule has 0 aliphatic heterocycles. The maximum absolute atomic E-state index is 11.3. The zero-order valence-corrected chi connectivity index (χ0v) is 12.7. The molecule has 0 saturated heterocycles. The van der Waals surface area contributed by atoms with Gasteiger partial charge in [-0.15, -0.1) is 0 Å². The third-order valence-corrected chi connectivity index (χ3v) is 2.48.